The Labute approximate surface area is 135 Å². The Morgan fingerprint density at radius 2 is 1.35 bits per heavy atom. The van der Waals surface area contributed by atoms with E-state index in [1.165, 1.54) is 5.56 Å². The highest BCUT2D eigenvalue weighted by atomic mass is 14.8. The van der Waals surface area contributed by atoms with Crippen molar-refractivity contribution in [3.63, 3.8) is 0 Å². The van der Waals surface area contributed by atoms with E-state index in [0.29, 0.717) is 0 Å². The fourth-order valence-corrected chi connectivity index (χ4v) is 2.73. The molecular weight excluding hydrogens is 280 g/mol. The maximum absolute atomic E-state index is 4.78. The molecule has 0 saturated heterocycles. The first-order chi connectivity index (χ1) is 11.4. The topological polar surface area (TPSA) is 25.8 Å². The van der Waals surface area contributed by atoms with Gasteiger partial charge in [-0.25, -0.2) is 4.98 Å². The third-order valence-corrected chi connectivity index (χ3v) is 3.90. The highest BCUT2D eigenvalue weighted by Crippen LogP contribution is 2.20. The molecule has 0 aliphatic carbocycles. The van der Waals surface area contributed by atoms with Crippen LogP contribution in [0.3, 0.4) is 0 Å². The molecule has 4 aromatic rings. The van der Waals surface area contributed by atoms with E-state index in [0.717, 1.165) is 34.4 Å². The molecule has 0 N–H and O–H groups in total. The lowest BCUT2D eigenvalue weighted by molar-refractivity contribution is 1.07. The molecule has 0 spiro atoms. The largest absolute Gasteiger partial charge is 0.251 e. The van der Waals surface area contributed by atoms with E-state index in [4.69, 9.17) is 9.97 Å². The Balaban J connectivity index is 1.69. The van der Waals surface area contributed by atoms with Crippen LogP contribution < -0.4 is 0 Å². The Bertz CT molecular complexity index is 946. The summed E-state index contributed by atoms with van der Waals surface area (Å²) in [5.41, 5.74) is 5.16. The molecular formula is C21H16N2. The number of aromatic nitrogens is 2. The van der Waals surface area contributed by atoms with Crippen LogP contribution in [0.5, 0.6) is 0 Å². The molecule has 0 amide bonds. The first-order valence-corrected chi connectivity index (χ1v) is 7.74. The molecule has 0 radical (unpaired) electrons. The van der Waals surface area contributed by atoms with Crippen molar-refractivity contribution >= 4 is 10.9 Å². The van der Waals surface area contributed by atoms with Crippen molar-refractivity contribution in [2.45, 2.75) is 6.42 Å². The Hall–Kier alpha value is -3.00. The Kier molecular flexibility index (Phi) is 3.57. The maximum Gasteiger partial charge on any atom is 0.0894 e. The molecule has 0 bridgehead atoms. The molecule has 2 heterocycles. The lowest BCUT2D eigenvalue weighted by atomic mass is 10.1. The van der Waals surface area contributed by atoms with Gasteiger partial charge in [0.15, 0.2) is 0 Å². The zero-order valence-corrected chi connectivity index (χ0v) is 12.7. The number of rotatable bonds is 3. The van der Waals surface area contributed by atoms with Gasteiger partial charge in [-0.3, -0.25) is 4.98 Å². The van der Waals surface area contributed by atoms with E-state index in [2.05, 4.69) is 48.5 Å². The zero-order valence-electron chi connectivity index (χ0n) is 12.7. The summed E-state index contributed by atoms with van der Waals surface area (Å²) in [5, 5.41) is 1.15. The summed E-state index contributed by atoms with van der Waals surface area (Å²) in [6.07, 6.45) is 0.836. The number of pyridine rings is 2. The van der Waals surface area contributed by atoms with E-state index in [1.807, 2.05) is 36.4 Å². The van der Waals surface area contributed by atoms with Crippen molar-refractivity contribution in [1.29, 1.82) is 0 Å². The molecule has 0 aliphatic rings. The van der Waals surface area contributed by atoms with Crippen molar-refractivity contribution in [3.05, 3.63) is 96.2 Å². The zero-order chi connectivity index (χ0) is 15.5. The lowest BCUT2D eigenvalue weighted by Crippen LogP contribution is -1.95. The van der Waals surface area contributed by atoms with Crippen LogP contribution in [0.25, 0.3) is 22.3 Å². The van der Waals surface area contributed by atoms with E-state index in [9.17, 15) is 0 Å². The molecule has 2 nitrogen and oxygen atoms in total. The standard InChI is InChI=1S/C21H16N2/c1-2-7-16(8-3-1)15-18-10-6-12-20(22-18)21-14-13-17-9-4-5-11-19(17)23-21/h1-14H,15H2. The van der Waals surface area contributed by atoms with Crippen LogP contribution in [0, 0.1) is 0 Å². The molecule has 0 fully saturated rings. The van der Waals surface area contributed by atoms with E-state index in [-0.39, 0.29) is 0 Å². The van der Waals surface area contributed by atoms with Gasteiger partial charge in [0.05, 0.1) is 16.9 Å². The van der Waals surface area contributed by atoms with Gasteiger partial charge in [-0.05, 0) is 29.8 Å². The van der Waals surface area contributed by atoms with Crippen LogP contribution in [0.4, 0.5) is 0 Å². The summed E-state index contributed by atoms with van der Waals surface area (Å²) in [4.78, 5) is 9.51. The van der Waals surface area contributed by atoms with Crippen LogP contribution >= 0.6 is 0 Å². The molecule has 4 rings (SSSR count). The molecule has 0 aliphatic heterocycles. The Morgan fingerprint density at radius 1 is 0.565 bits per heavy atom. The average molecular weight is 296 g/mol. The molecule has 0 atom stereocenters. The fraction of sp³-hybridized carbons (Fsp3) is 0.0476. The van der Waals surface area contributed by atoms with Crippen LogP contribution in [0.15, 0.2) is 84.9 Å². The Morgan fingerprint density at radius 3 is 2.26 bits per heavy atom. The number of benzene rings is 2. The summed E-state index contributed by atoms with van der Waals surface area (Å²) in [6.45, 7) is 0. The summed E-state index contributed by atoms with van der Waals surface area (Å²) >= 11 is 0. The second kappa shape index (κ2) is 6.01. The summed E-state index contributed by atoms with van der Waals surface area (Å²) < 4.78 is 0. The normalized spacial score (nSPS) is 10.8. The van der Waals surface area contributed by atoms with Gasteiger partial charge in [0.1, 0.15) is 0 Å². The van der Waals surface area contributed by atoms with Gasteiger partial charge in [0.2, 0.25) is 0 Å². The highest BCUT2D eigenvalue weighted by Gasteiger charge is 2.04. The van der Waals surface area contributed by atoms with Crippen LogP contribution in [0.2, 0.25) is 0 Å². The number of nitrogens with zero attached hydrogens (tertiary/aromatic N) is 2. The predicted octanol–water partition coefficient (Wildman–Crippen LogP) is 4.89. The molecule has 23 heavy (non-hydrogen) atoms. The molecule has 110 valence electrons. The van der Waals surface area contributed by atoms with Crippen LogP contribution in [-0.2, 0) is 6.42 Å². The molecule has 2 aromatic heterocycles. The van der Waals surface area contributed by atoms with Crippen LogP contribution in [-0.4, -0.2) is 9.97 Å². The van der Waals surface area contributed by atoms with Gasteiger partial charge >= 0.3 is 0 Å². The first kappa shape index (κ1) is 13.6. The lowest BCUT2D eigenvalue weighted by Gasteiger charge is -2.06. The fourth-order valence-electron chi connectivity index (χ4n) is 2.73. The van der Waals surface area contributed by atoms with Gasteiger partial charge in [-0.15, -0.1) is 0 Å². The first-order valence-electron chi connectivity index (χ1n) is 7.74. The second-order valence-corrected chi connectivity index (χ2v) is 5.57. The maximum atomic E-state index is 4.78. The molecule has 0 unspecified atom stereocenters. The summed E-state index contributed by atoms with van der Waals surface area (Å²) in [7, 11) is 0. The number of hydrogen-bond acceptors (Lipinski definition) is 2. The van der Waals surface area contributed by atoms with Gasteiger partial charge < -0.3 is 0 Å². The number of hydrogen-bond donors (Lipinski definition) is 0. The van der Waals surface area contributed by atoms with Gasteiger partial charge in [0.25, 0.3) is 0 Å². The summed E-state index contributed by atoms with van der Waals surface area (Å²) in [5.74, 6) is 0. The van der Waals surface area contributed by atoms with E-state index < -0.39 is 0 Å². The van der Waals surface area contributed by atoms with Crippen molar-refractivity contribution in [2.24, 2.45) is 0 Å². The van der Waals surface area contributed by atoms with Gasteiger partial charge in [-0.2, -0.15) is 0 Å². The van der Waals surface area contributed by atoms with Gasteiger partial charge in [0, 0.05) is 17.5 Å². The average Bonchev–Trinajstić information content (AvgIpc) is 2.62. The van der Waals surface area contributed by atoms with Gasteiger partial charge in [-0.1, -0.05) is 60.7 Å². The quantitative estimate of drug-likeness (QED) is 0.538. The summed E-state index contributed by atoms with van der Waals surface area (Å²) in [6, 6.07) is 28.8. The minimum Gasteiger partial charge on any atom is -0.251 e. The van der Waals surface area contributed by atoms with Crippen LogP contribution in [0.1, 0.15) is 11.3 Å². The van der Waals surface area contributed by atoms with E-state index >= 15 is 0 Å². The monoisotopic (exact) mass is 296 g/mol. The second-order valence-electron chi connectivity index (χ2n) is 5.57. The SMILES string of the molecule is c1ccc(Cc2cccc(-c3ccc4ccccc4n3)n2)cc1. The molecule has 0 saturated carbocycles. The number of para-hydroxylation sites is 1. The van der Waals surface area contributed by atoms with Crippen molar-refractivity contribution < 1.29 is 0 Å². The smallest absolute Gasteiger partial charge is 0.0894 e. The highest BCUT2D eigenvalue weighted by molar-refractivity contribution is 5.80. The predicted molar refractivity (Wildman–Crippen MR) is 94.2 cm³/mol. The van der Waals surface area contributed by atoms with Crippen molar-refractivity contribution in [1.82, 2.24) is 9.97 Å². The third kappa shape index (κ3) is 2.97. The minimum atomic E-state index is 0.836. The van der Waals surface area contributed by atoms with Crippen molar-refractivity contribution in [3.8, 4) is 11.4 Å². The molecule has 2 aromatic carbocycles. The van der Waals surface area contributed by atoms with Crippen molar-refractivity contribution in [2.75, 3.05) is 0 Å². The number of fused-ring (bicyclic) bond motifs is 1. The molecule has 2 heteroatoms. The minimum absolute atomic E-state index is 0.836. The van der Waals surface area contributed by atoms with E-state index in [1.54, 1.807) is 0 Å². The third-order valence-electron chi connectivity index (χ3n) is 3.90.